The number of phenols is 1. The molecule has 0 radical (unpaired) electrons. The van der Waals surface area contributed by atoms with Crippen LogP contribution in [0.5, 0.6) is 5.75 Å². The van der Waals surface area contributed by atoms with Gasteiger partial charge in [-0.3, -0.25) is 4.79 Å². The number of aromatic nitrogens is 1. The smallest absolute Gasteiger partial charge is 0.223 e. The molecule has 1 aliphatic heterocycles. The van der Waals surface area contributed by atoms with E-state index in [4.69, 9.17) is 0 Å². The van der Waals surface area contributed by atoms with Crippen LogP contribution in [0.3, 0.4) is 0 Å². The number of hydrogen-bond acceptors (Lipinski definition) is 4. The lowest BCUT2D eigenvalue weighted by atomic mass is 9.64. The highest BCUT2D eigenvalue weighted by atomic mass is 19.1. The fourth-order valence-corrected chi connectivity index (χ4v) is 5.04. The number of pyridine rings is 1. The zero-order valence-corrected chi connectivity index (χ0v) is 18.1. The molecule has 6 heteroatoms. The van der Waals surface area contributed by atoms with Crippen molar-refractivity contribution in [3.63, 3.8) is 0 Å². The maximum atomic E-state index is 13.3. The van der Waals surface area contributed by atoms with Gasteiger partial charge in [-0.2, -0.15) is 0 Å². The van der Waals surface area contributed by atoms with Crippen molar-refractivity contribution >= 4 is 22.6 Å². The van der Waals surface area contributed by atoms with Crippen LogP contribution < -0.4 is 10.2 Å². The number of fused-ring (bicyclic) bond motifs is 1. The molecule has 0 unspecified atom stereocenters. The predicted octanol–water partition coefficient (Wildman–Crippen LogP) is 4.53. The monoisotopic (exact) mass is 433 g/mol. The van der Waals surface area contributed by atoms with Gasteiger partial charge in [-0.25, -0.2) is 9.37 Å². The van der Waals surface area contributed by atoms with Gasteiger partial charge < -0.3 is 15.3 Å². The van der Waals surface area contributed by atoms with E-state index in [2.05, 4.69) is 15.2 Å². The van der Waals surface area contributed by atoms with Crippen LogP contribution in [0.4, 0.5) is 10.2 Å². The molecule has 1 amide bonds. The molecule has 0 bridgehead atoms. The van der Waals surface area contributed by atoms with Crippen molar-refractivity contribution in [1.82, 2.24) is 10.3 Å². The molecule has 0 spiro atoms. The molecule has 0 atom stereocenters. The minimum absolute atomic E-state index is 0.00884. The zero-order valence-electron chi connectivity index (χ0n) is 18.1. The summed E-state index contributed by atoms with van der Waals surface area (Å²) in [4.78, 5) is 19.7. The maximum Gasteiger partial charge on any atom is 0.223 e. The summed E-state index contributed by atoms with van der Waals surface area (Å²) in [6.07, 6.45) is 4.74. The number of piperidine rings is 1. The third-order valence-corrected chi connectivity index (χ3v) is 7.24. The Bertz CT molecular complexity index is 1120. The summed E-state index contributed by atoms with van der Waals surface area (Å²) < 4.78 is 13.3. The molecule has 2 heterocycles. The van der Waals surface area contributed by atoms with Crippen molar-refractivity contribution in [1.29, 1.82) is 0 Å². The van der Waals surface area contributed by atoms with E-state index < -0.39 is 0 Å². The molecule has 1 saturated carbocycles. The summed E-state index contributed by atoms with van der Waals surface area (Å²) in [7, 11) is 0. The average molecular weight is 434 g/mol. The highest BCUT2D eigenvalue weighted by molar-refractivity contribution is 5.85. The summed E-state index contributed by atoms with van der Waals surface area (Å²) in [5, 5.41) is 14.2. The van der Waals surface area contributed by atoms with Gasteiger partial charge in [-0.15, -0.1) is 0 Å². The first-order chi connectivity index (χ1) is 15.5. The first-order valence-corrected chi connectivity index (χ1v) is 11.4. The van der Waals surface area contributed by atoms with Crippen molar-refractivity contribution in [3.8, 4) is 5.75 Å². The minimum atomic E-state index is -0.227. The lowest BCUT2D eigenvalue weighted by molar-refractivity contribution is -0.126. The number of amides is 1. The van der Waals surface area contributed by atoms with E-state index in [1.807, 2.05) is 36.4 Å². The molecule has 1 aromatic heterocycles. The molecule has 166 valence electrons. The number of nitrogens with zero attached hydrogens (tertiary/aromatic N) is 2. The summed E-state index contributed by atoms with van der Waals surface area (Å²) >= 11 is 0. The third kappa shape index (κ3) is 3.90. The lowest BCUT2D eigenvalue weighted by Crippen LogP contribution is -2.48. The minimum Gasteiger partial charge on any atom is -0.506 e. The van der Waals surface area contributed by atoms with Gasteiger partial charge >= 0.3 is 0 Å². The topological polar surface area (TPSA) is 65.5 Å². The van der Waals surface area contributed by atoms with Crippen LogP contribution in [0, 0.1) is 11.7 Å². The van der Waals surface area contributed by atoms with Crippen LogP contribution in [0.25, 0.3) is 10.9 Å². The number of halogens is 1. The Kier molecular flexibility index (Phi) is 5.45. The number of phenolic OH excluding ortho intramolecular Hbond substituents is 1. The molecule has 2 aliphatic rings. The highest BCUT2D eigenvalue weighted by Gasteiger charge is 2.39. The molecule has 2 N–H and O–H groups in total. The van der Waals surface area contributed by atoms with E-state index in [0.29, 0.717) is 12.1 Å². The number of aromatic hydroxyl groups is 1. The number of hydrogen-bond donors (Lipinski definition) is 2. The number of carbonyl (C=O) groups excluding carboxylic acids is 1. The number of anilines is 1. The number of carbonyl (C=O) groups is 1. The molecule has 3 aromatic rings. The van der Waals surface area contributed by atoms with Crippen LogP contribution in [-0.2, 0) is 10.2 Å². The Balaban J connectivity index is 1.19. The first-order valence-electron chi connectivity index (χ1n) is 11.4. The average Bonchev–Trinajstić information content (AvgIpc) is 2.79. The second kappa shape index (κ2) is 8.41. The fraction of sp³-hybridized carbons (Fsp3) is 0.385. The molecule has 1 saturated heterocycles. The number of benzene rings is 2. The SMILES string of the molecule is O=C(NCC1(c2ccc(F)cc2)CCC1)C1CCN(c2ccc3cccc(O)c3n2)CC1. The third-order valence-electron chi connectivity index (χ3n) is 7.24. The van der Waals surface area contributed by atoms with Gasteiger partial charge in [0.05, 0.1) is 0 Å². The Morgan fingerprint density at radius 3 is 2.53 bits per heavy atom. The highest BCUT2D eigenvalue weighted by Crippen LogP contribution is 2.43. The Morgan fingerprint density at radius 2 is 1.84 bits per heavy atom. The lowest BCUT2D eigenvalue weighted by Gasteiger charge is -2.43. The Hall–Kier alpha value is -3.15. The maximum absolute atomic E-state index is 13.3. The van der Waals surface area contributed by atoms with Gasteiger partial charge in [-0.1, -0.05) is 30.7 Å². The largest absolute Gasteiger partial charge is 0.506 e. The normalized spacial score (nSPS) is 18.3. The Labute approximate surface area is 187 Å². The number of para-hydroxylation sites is 1. The molecular weight excluding hydrogens is 405 g/mol. The van der Waals surface area contributed by atoms with Crippen LogP contribution in [0.1, 0.15) is 37.7 Å². The van der Waals surface area contributed by atoms with E-state index in [1.165, 1.54) is 12.1 Å². The van der Waals surface area contributed by atoms with Crippen LogP contribution >= 0.6 is 0 Å². The number of nitrogens with one attached hydrogen (secondary N) is 1. The van der Waals surface area contributed by atoms with Gasteiger partial charge in [0.1, 0.15) is 22.9 Å². The van der Waals surface area contributed by atoms with E-state index >= 15 is 0 Å². The second-order valence-corrected chi connectivity index (χ2v) is 9.14. The molecule has 2 fully saturated rings. The zero-order chi connectivity index (χ0) is 22.1. The molecule has 5 rings (SSSR count). The Morgan fingerprint density at radius 1 is 1.09 bits per heavy atom. The van der Waals surface area contributed by atoms with Gasteiger partial charge in [0, 0.05) is 36.4 Å². The van der Waals surface area contributed by atoms with Crippen molar-refractivity contribution < 1.29 is 14.3 Å². The van der Waals surface area contributed by atoms with Gasteiger partial charge in [0.2, 0.25) is 5.91 Å². The second-order valence-electron chi connectivity index (χ2n) is 9.14. The van der Waals surface area contributed by atoms with Crippen molar-refractivity contribution in [2.24, 2.45) is 5.92 Å². The van der Waals surface area contributed by atoms with Crippen LogP contribution in [-0.4, -0.2) is 35.6 Å². The van der Waals surface area contributed by atoms with Crippen LogP contribution in [0.15, 0.2) is 54.6 Å². The van der Waals surface area contributed by atoms with E-state index in [9.17, 15) is 14.3 Å². The predicted molar refractivity (Wildman–Crippen MR) is 123 cm³/mol. The van der Waals surface area contributed by atoms with Gasteiger partial charge in [0.25, 0.3) is 0 Å². The van der Waals surface area contributed by atoms with Crippen molar-refractivity contribution in [3.05, 3.63) is 66.0 Å². The van der Waals surface area contributed by atoms with Crippen molar-refractivity contribution in [2.45, 2.75) is 37.5 Å². The fourth-order valence-electron chi connectivity index (χ4n) is 5.04. The van der Waals surface area contributed by atoms with E-state index in [-0.39, 0.29) is 28.8 Å². The van der Waals surface area contributed by atoms with Gasteiger partial charge in [-0.05, 0) is 61.6 Å². The summed E-state index contributed by atoms with van der Waals surface area (Å²) in [6.45, 7) is 2.13. The molecule has 2 aromatic carbocycles. The summed E-state index contributed by atoms with van der Waals surface area (Å²) in [6, 6.07) is 16.1. The molecular formula is C26H28FN3O2. The van der Waals surface area contributed by atoms with Gasteiger partial charge in [0.15, 0.2) is 0 Å². The van der Waals surface area contributed by atoms with Crippen LogP contribution in [0.2, 0.25) is 0 Å². The molecule has 1 aliphatic carbocycles. The molecule has 32 heavy (non-hydrogen) atoms. The quantitative estimate of drug-likeness (QED) is 0.620. The summed E-state index contributed by atoms with van der Waals surface area (Å²) in [5.74, 6) is 0.898. The summed E-state index contributed by atoms with van der Waals surface area (Å²) in [5.41, 5.74) is 1.67. The van der Waals surface area contributed by atoms with E-state index in [0.717, 1.165) is 62.0 Å². The molecule has 5 nitrogen and oxygen atoms in total. The van der Waals surface area contributed by atoms with Crippen molar-refractivity contribution in [2.75, 3.05) is 24.5 Å². The first kappa shape index (κ1) is 20.7. The standard InChI is InChI=1S/C26H28FN3O2/c27-21-8-6-20(7-9-21)26(13-2-14-26)17-28-25(32)19-11-15-30(16-12-19)23-10-5-18-3-1-4-22(31)24(18)29-23/h1,3-10,19,31H,2,11-17H2,(H,28,32). The van der Waals surface area contributed by atoms with E-state index in [1.54, 1.807) is 6.07 Å². The number of rotatable bonds is 5.